The second-order valence-corrected chi connectivity index (χ2v) is 9.38. The van der Waals surface area contributed by atoms with Gasteiger partial charge in [-0.25, -0.2) is 9.48 Å². The molecular formula is C25H27ClN4O3. The van der Waals surface area contributed by atoms with Crippen LogP contribution < -0.4 is 10.4 Å². The molecule has 172 valence electrons. The van der Waals surface area contributed by atoms with Gasteiger partial charge in [-0.2, -0.15) is 0 Å². The number of carbonyl (C=O) groups excluding carboxylic acids is 1. The number of rotatable bonds is 6. The summed E-state index contributed by atoms with van der Waals surface area (Å²) in [5, 5.41) is 5.12. The van der Waals surface area contributed by atoms with E-state index in [1.54, 1.807) is 24.8 Å². The largest absolute Gasteiger partial charge is 0.497 e. The lowest BCUT2D eigenvalue weighted by Gasteiger charge is -2.16. The maximum Gasteiger partial charge on any atom is 0.345 e. The van der Waals surface area contributed by atoms with Gasteiger partial charge in [-0.1, -0.05) is 35.9 Å². The molecule has 2 fully saturated rings. The molecular weight excluding hydrogens is 440 g/mol. The van der Waals surface area contributed by atoms with Crippen LogP contribution in [0.15, 0.2) is 47.3 Å². The normalized spacial score (nSPS) is 18.0. The van der Waals surface area contributed by atoms with Crippen molar-refractivity contribution in [2.24, 2.45) is 18.9 Å². The van der Waals surface area contributed by atoms with E-state index in [1.807, 2.05) is 41.3 Å². The molecule has 2 heterocycles. The lowest BCUT2D eigenvalue weighted by atomic mass is 10.0. The van der Waals surface area contributed by atoms with Crippen molar-refractivity contribution in [3.8, 4) is 28.3 Å². The number of likely N-dealkylation sites (tertiary alicyclic amines) is 1. The van der Waals surface area contributed by atoms with Crippen molar-refractivity contribution in [1.29, 1.82) is 0 Å². The Kier molecular flexibility index (Phi) is 5.74. The highest BCUT2D eigenvalue weighted by Gasteiger charge is 2.37. The number of carbonyl (C=O) groups is 1. The van der Waals surface area contributed by atoms with Gasteiger partial charge in [-0.15, -0.1) is 5.10 Å². The summed E-state index contributed by atoms with van der Waals surface area (Å²) in [4.78, 5) is 27.2. The maximum atomic E-state index is 12.8. The van der Waals surface area contributed by atoms with E-state index in [9.17, 15) is 9.59 Å². The summed E-state index contributed by atoms with van der Waals surface area (Å²) in [6, 6.07) is 13.5. The van der Waals surface area contributed by atoms with Gasteiger partial charge in [0.2, 0.25) is 5.91 Å². The number of aromatic nitrogens is 3. The monoisotopic (exact) mass is 466 g/mol. The van der Waals surface area contributed by atoms with E-state index in [-0.39, 0.29) is 23.4 Å². The Bertz CT molecular complexity index is 1240. The number of benzene rings is 2. The fourth-order valence-electron chi connectivity index (χ4n) is 4.57. The fraction of sp³-hybridized carbons (Fsp3) is 0.400. The van der Waals surface area contributed by atoms with Gasteiger partial charge in [0.1, 0.15) is 5.75 Å². The van der Waals surface area contributed by atoms with E-state index < -0.39 is 0 Å². The van der Waals surface area contributed by atoms with Gasteiger partial charge in [0.15, 0.2) is 5.82 Å². The van der Waals surface area contributed by atoms with Crippen LogP contribution in [0.4, 0.5) is 0 Å². The molecule has 8 heteroatoms. The van der Waals surface area contributed by atoms with Crippen LogP contribution in [-0.4, -0.2) is 45.4 Å². The highest BCUT2D eigenvalue weighted by Crippen LogP contribution is 2.34. The van der Waals surface area contributed by atoms with Crippen LogP contribution in [0.5, 0.6) is 5.75 Å². The quantitative estimate of drug-likeness (QED) is 0.553. The molecule has 0 spiro atoms. The first-order valence-corrected chi connectivity index (χ1v) is 11.7. The highest BCUT2D eigenvalue weighted by molar-refractivity contribution is 6.33. The van der Waals surface area contributed by atoms with E-state index in [2.05, 4.69) is 5.10 Å². The first-order valence-electron chi connectivity index (χ1n) is 11.3. The zero-order valence-corrected chi connectivity index (χ0v) is 19.6. The van der Waals surface area contributed by atoms with E-state index in [0.29, 0.717) is 29.7 Å². The van der Waals surface area contributed by atoms with Crippen LogP contribution >= 0.6 is 11.6 Å². The summed E-state index contributed by atoms with van der Waals surface area (Å²) in [7, 11) is 3.28. The second kappa shape index (κ2) is 8.71. The Morgan fingerprint density at radius 3 is 2.52 bits per heavy atom. The maximum absolute atomic E-state index is 12.8. The molecule has 3 aromatic rings. The molecule has 1 aromatic heterocycles. The zero-order valence-electron chi connectivity index (χ0n) is 18.8. The Hall–Kier alpha value is -3.06. The Morgan fingerprint density at radius 2 is 1.85 bits per heavy atom. The van der Waals surface area contributed by atoms with Gasteiger partial charge in [0, 0.05) is 43.7 Å². The van der Waals surface area contributed by atoms with Crippen LogP contribution in [0.2, 0.25) is 5.02 Å². The standard InChI is InChI=1S/C25H27ClN4O3/c1-28-25(32)30(15-16-11-12-29(14-16)24(31)19-7-8-19)23(27-28)18-5-3-17(4-6-18)21-10-9-20(33-2)13-22(21)26/h3-6,9-10,13,16,19H,7-8,11-12,14-15H2,1-2H3. The molecule has 2 aromatic carbocycles. The average molecular weight is 467 g/mol. The minimum Gasteiger partial charge on any atom is -0.497 e. The smallest absolute Gasteiger partial charge is 0.345 e. The van der Waals surface area contributed by atoms with Crippen molar-refractivity contribution in [1.82, 2.24) is 19.2 Å². The topological polar surface area (TPSA) is 69.4 Å². The predicted octanol–water partition coefficient (Wildman–Crippen LogP) is 3.84. The van der Waals surface area contributed by atoms with Gasteiger partial charge in [0.25, 0.3) is 0 Å². The second-order valence-electron chi connectivity index (χ2n) is 8.98. The van der Waals surface area contributed by atoms with Crippen molar-refractivity contribution in [2.75, 3.05) is 20.2 Å². The minimum atomic E-state index is -0.140. The first kappa shape index (κ1) is 21.8. The van der Waals surface area contributed by atoms with E-state index >= 15 is 0 Å². The van der Waals surface area contributed by atoms with E-state index in [4.69, 9.17) is 16.3 Å². The number of hydrogen-bond donors (Lipinski definition) is 0. The van der Waals surface area contributed by atoms with Crippen LogP contribution in [0.1, 0.15) is 19.3 Å². The number of aryl methyl sites for hydroxylation is 1. The molecule has 1 aliphatic heterocycles. The molecule has 1 unspecified atom stereocenters. The van der Waals surface area contributed by atoms with Crippen molar-refractivity contribution in [3.05, 3.63) is 58.0 Å². The van der Waals surface area contributed by atoms with Crippen molar-refractivity contribution in [2.45, 2.75) is 25.8 Å². The van der Waals surface area contributed by atoms with Crippen LogP contribution in [-0.2, 0) is 18.4 Å². The minimum absolute atomic E-state index is 0.140. The van der Waals surface area contributed by atoms with Gasteiger partial charge in [-0.05, 0) is 48.9 Å². The Labute approximate surface area is 197 Å². The molecule has 1 atom stereocenters. The summed E-state index contributed by atoms with van der Waals surface area (Å²) in [5.41, 5.74) is 2.61. The predicted molar refractivity (Wildman–Crippen MR) is 127 cm³/mol. The molecule has 33 heavy (non-hydrogen) atoms. The molecule has 7 nitrogen and oxygen atoms in total. The molecule has 1 saturated carbocycles. The van der Waals surface area contributed by atoms with Crippen molar-refractivity contribution < 1.29 is 9.53 Å². The number of nitrogens with zero attached hydrogens (tertiary/aromatic N) is 4. The van der Waals surface area contributed by atoms with Gasteiger partial charge >= 0.3 is 5.69 Å². The van der Waals surface area contributed by atoms with Crippen LogP contribution in [0.25, 0.3) is 22.5 Å². The SMILES string of the molecule is COc1ccc(-c2ccc(-c3nn(C)c(=O)n3CC3CCN(C(=O)C4CC4)C3)cc2)c(Cl)c1. The van der Waals surface area contributed by atoms with Gasteiger partial charge in [0.05, 0.1) is 12.1 Å². The summed E-state index contributed by atoms with van der Waals surface area (Å²) >= 11 is 6.43. The molecule has 0 N–H and O–H groups in total. The molecule has 1 saturated heterocycles. The van der Waals surface area contributed by atoms with Gasteiger partial charge in [-0.3, -0.25) is 9.36 Å². The highest BCUT2D eigenvalue weighted by atomic mass is 35.5. The number of ether oxygens (including phenoxy) is 1. The molecule has 2 aliphatic rings. The van der Waals surface area contributed by atoms with E-state index in [1.165, 1.54) is 4.68 Å². The average Bonchev–Trinajstić information content (AvgIpc) is 3.51. The lowest BCUT2D eigenvalue weighted by Crippen LogP contribution is -2.31. The van der Waals surface area contributed by atoms with Gasteiger partial charge < -0.3 is 9.64 Å². The third-order valence-corrected chi connectivity index (χ3v) is 6.92. The van der Waals surface area contributed by atoms with Crippen molar-refractivity contribution in [3.63, 3.8) is 0 Å². The molecule has 1 amide bonds. The first-order chi connectivity index (χ1) is 15.9. The molecule has 1 aliphatic carbocycles. The summed E-state index contributed by atoms with van der Waals surface area (Å²) < 4.78 is 8.35. The Morgan fingerprint density at radius 1 is 1.12 bits per heavy atom. The summed E-state index contributed by atoms with van der Waals surface area (Å²) in [5.74, 6) is 2.12. The molecule has 5 rings (SSSR count). The number of amides is 1. The van der Waals surface area contributed by atoms with Crippen LogP contribution in [0.3, 0.4) is 0 Å². The number of methoxy groups -OCH3 is 1. The number of halogens is 1. The van der Waals surface area contributed by atoms with Crippen molar-refractivity contribution >= 4 is 17.5 Å². The molecule has 0 bridgehead atoms. The summed E-state index contributed by atoms with van der Waals surface area (Å²) in [6.07, 6.45) is 2.95. The Balaban J connectivity index is 1.37. The van der Waals surface area contributed by atoms with E-state index in [0.717, 1.165) is 42.5 Å². The third-order valence-electron chi connectivity index (χ3n) is 6.60. The summed E-state index contributed by atoms with van der Waals surface area (Å²) in [6.45, 7) is 2.05. The molecule has 0 radical (unpaired) electrons. The fourth-order valence-corrected chi connectivity index (χ4v) is 4.85. The third kappa shape index (κ3) is 4.29. The zero-order chi connectivity index (χ0) is 23.1. The number of hydrogen-bond acceptors (Lipinski definition) is 4. The van der Waals surface area contributed by atoms with Crippen LogP contribution in [0, 0.1) is 11.8 Å². The lowest BCUT2D eigenvalue weighted by molar-refractivity contribution is -0.131.